The van der Waals surface area contributed by atoms with E-state index in [9.17, 15) is 4.79 Å². The monoisotopic (exact) mass is 271 g/mol. The smallest absolute Gasteiger partial charge is 0.305 e. The van der Waals surface area contributed by atoms with Crippen molar-refractivity contribution in [2.45, 2.75) is 71.1 Å². The maximum Gasteiger partial charge on any atom is 0.305 e. The highest BCUT2D eigenvalue weighted by molar-refractivity contribution is 5.69. The Morgan fingerprint density at radius 1 is 0.895 bits per heavy atom. The van der Waals surface area contributed by atoms with Crippen LogP contribution in [0.4, 0.5) is 0 Å². The van der Waals surface area contributed by atoms with Crippen molar-refractivity contribution < 1.29 is 9.53 Å². The highest BCUT2D eigenvalue weighted by Gasteiger charge is 2.02. The van der Waals surface area contributed by atoms with Gasteiger partial charge in [0.1, 0.15) is 0 Å². The van der Waals surface area contributed by atoms with Gasteiger partial charge in [-0.15, -0.1) is 0 Å². The predicted molar refractivity (Wildman–Crippen MR) is 81.4 cm³/mol. The van der Waals surface area contributed by atoms with Crippen LogP contribution in [0.1, 0.15) is 71.1 Å². The Bertz CT molecular complexity index is 205. The Morgan fingerprint density at radius 3 is 2.16 bits per heavy atom. The van der Waals surface area contributed by atoms with Gasteiger partial charge in [-0.2, -0.15) is 0 Å². The molecule has 0 aliphatic carbocycles. The third-order valence-corrected chi connectivity index (χ3v) is 3.25. The average molecular weight is 271 g/mol. The minimum absolute atomic E-state index is 0.0154. The number of esters is 1. The van der Waals surface area contributed by atoms with Gasteiger partial charge in [0.2, 0.25) is 0 Å². The molecule has 0 bridgehead atoms. The van der Waals surface area contributed by atoms with Gasteiger partial charge < -0.3 is 9.64 Å². The first-order chi connectivity index (χ1) is 9.16. The summed E-state index contributed by atoms with van der Waals surface area (Å²) in [4.78, 5) is 13.6. The lowest BCUT2D eigenvalue weighted by Gasteiger charge is -2.09. The first kappa shape index (κ1) is 18.4. The van der Waals surface area contributed by atoms with Crippen molar-refractivity contribution in [2.75, 3.05) is 27.2 Å². The van der Waals surface area contributed by atoms with E-state index in [4.69, 9.17) is 4.74 Å². The zero-order valence-electron chi connectivity index (χ0n) is 13.2. The van der Waals surface area contributed by atoms with E-state index in [2.05, 4.69) is 25.9 Å². The van der Waals surface area contributed by atoms with Crippen LogP contribution in [0.5, 0.6) is 0 Å². The topological polar surface area (TPSA) is 29.5 Å². The first-order valence-corrected chi connectivity index (χ1v) is 7.97. The molecule has 0 amide bonds. The molecule has 3 heteroatoms. The number of unbranched alkanes of at least 4 members (excludes halogenated alkanes) is 7. The molecule has 0 aliphatic rings. The van der Waals surface area contributed by atoms with E-state index in [0.717, 1.165) is 25.8 Å². The van der Waals surface area contributed by atoms with Crippen molar-refractivity contribution in [3.8, 4) is 0 Å². The molecule has 0 aliphatic heterocycles. The highest BCUT2D eigenvalue weighted by atomic mass is 16.5. The van der Waals surface area contributed by atoms with Crippen LogP contribution in [-0.2, 0) is 9.53 Å². The Morgan fingerprint density at radius 2 is 1.53 bits per heavy atom. The van der Waals surface area contributed by atoms with Gasteiger partial charge in [0, 0.05) is 6.42 Å². The van der Waals surface area contributed by atoms with Gasteiger partial charge in [0.15, 0.2) is 0 Å². The number of hydrogen-bond donors (Lipinski definition) is 0. The molecule has 0 N–H and O–H groups in total. The van der Waals surface area contributed by atoms with E-state index >= 15 is 0 Å². The molecule has 0 aromatic carbocycles. The molecule has 0 radical (unpaired) electrons. The van der Waals surface area contributed by atoms with Crippen LogP contribution >= 0.6 is 0 Å². The van der Waals surface area contributed by atoms with Gasteiger partial charge in [-0.3, -0.25) is 4.79 Å². The third kappa shape index (κ3) is 15.4. The minimum Gasteiger partial charge on any atom is -0.466 e. The van der Waals surface area contributed by atoms with Crippen molar-refractivity contribution in [1.82, 2.24) is 4.90 Å². The normalized spacial score (nSPS) is 10.9. The van der Waals surface area contributed by atoms with Gasteiger partial charge in [-0.1, -0.05) is 45.4 Å². The zero-order valence-corrected chi connectivity index (χ0v) is 13.2. The number of carbonyl (C=O) groups is 1. The van der Waals surface area contributed by atoms with E-state index in [-0.39, 0.29) is 5.97 Å². The summed E-state index contributed by atoms with van der Waals surface area (Å²) in [5, 5.41) is 0. The molecule has 0 aromatic rings. The molecule has 0 aromatic heterocycles. The molecule has 0 spiro atoms. The van der Waals surface area contributed by atoms with Gasteiger partial charge >= 0.3 is 5.97 Å². The molecule has 0 fully saturated rings. The van der Waals surface area contributed by atoms with Crippen LogP contribution in [0, 0.1) is 0 Å². The number of nitrogens with zero attached hydrogens (tertiary/aromatic N) is 1. The Labute approximate surface area is 119 Å². The second kappa shape index (κ2) is 13.9. The van der Waals surface area contributed by atoms with Crippen molar-refractivity contribution in [1.29, 1.82) is 0 Å². The van der Waals surface area contributed by atoms with Gasteiger partial charge in [0.05, 0.1) is 6.61 Å². The number of rotatable bonds is 13. The lowest BCUT2D eigenvalue weighted by Crippen LogP contribution is -2.14. The zero-order chi connectivity index (χ0) is 14.3. The van der Waals surface area contributed by atoms with E-state index in [0.29, 0.717) is 13.0 Å². The number of carbonyl (C=O) groups excluding carboxylic acids is 1. The molecule has 0 unspecified atom stereocenters. The summed E-state index contributed by atoms with van der Waals surface area (Å²) >= 11 is 0. The standard InChI is InChI=1S/C16H33NO2/c1-4-5-6-7-8-9-10-13-16(18)19-15-12-11-14-17(2)3/h4-15H2,1-3H3. The summed E-state index contributed by atoms with van der Waals surface area (Å²) in [5.74, 6) is -0.0154. The molecule has 0 atom stereocenters. The molecule has 19 heavy (non-hydrogen) atoms. The Balaban J connectivity index is 3.17. The van der Waals surface area contributed by atoms with Crippen LogP contribution < -0.4 is 0 Å². The van der Waals surface area contributed by atoms with E-state index < -0.39 is 0 Å². The maximum absolute atomic E-state index is 11.4. The fourth-order valence-electron chi connectivity index (χ4n) is 2.01. The Hall–Kier alpha value is -0.570. The van der Waals surface area contributed by atoms with Gasteiger partial charge in [-0.05, 0) is 39.9 Å². The van der Waals surface area contributed by atoms with Crippen molar-refractivity contribution in [2.24, 2.45) is 0 Å². The average Bonchev–Trinajstić information content (AvgIpc) is 2.37. The lowest BCUT2D eigenvalue weighted by molar-refractivity contribution is -0.143. The second-order valence-electron chi connectivity index (χ2n) is 5.60. The maximum atomic E-state index is 11.4. The van der Waals surface area contributed by atoms with Crippen molar-refractivity contribution in [3.63, 3.8) is 0 Å². The largest absolute Gasteiger partial charge is 0.466 e. The van der Waals surface area contributed by atoms with E-state index in [1.54, 1.807) is 0 Å². The summed E-state index contributed by atoms with van der Waals surface area (Å²) in [5.41, 5.74) is 0. The fraction of sp³-hybridized carbons (Fsp3) is 0.938. The van der Waals surface area contributed by atoms with Gasteiger partial charge in [-0.25, -0.2) is 0 Å². The summed E-state index contributed by atoms with van der Waals surface area (Å²) in [6, 6.07) is 0. The molecular formula is C16H33NO2. The predicted octanol–water partition coefficient (Wildman–Crippen LogP) is 4.01. The first-order valence-electron chi connectivity index (χ1n) is 7.97. The summed E-state index contributed by atoms with van der Waals surface area (Å²) < 4.78 is 5.21. The minimum atomic E-state index is -0.0154. The summed E-state index contributed by atoms with van der Waals surface area (Å²) in [6.07, 6.45) is 11.4. The van der Waals surface area contributed by atoms with Crippen LogP contribution in [0.25, 0.3) is 0 Å². The van der Waals surface area contributed by atoms with Crippen molar-refractivity contribution >= 4 is 5.97 Å². The highest BCUT2D eigenvalue weighted by Crippen LogP contribution is 2.08. The quantitative estimate of drug-likeness (QED) is 0.374. The second-order valence-corrected chi connectivity index (χ2v) is 5.60. The van der Waals surface area contributed by atoms with Crippen LogP contribution in [0.3, 0.4) is 0 Å². The third-order valence-electron chi connectivity index (χ3n) is 3.25. The molecular weight excluding hydrogens is 238 g/mol. The van der Waals surface area contributed by atoms with E-state index in [1.807, 2.05) is 0 Å². The van der Waals surface area contributed by atoms with Crippen LogP contribution in [-0.4, -0.2) is 38.1 Å². The molecule has 0 saturated carbocycles. The summed E-state index contributed by atoms with van der Waals surface area (Å²) in [7, 11) is 4.12. The van der Waals surface area contributed by atoms with Gasteiger partial charge in [0.25, 0.3) is 0 Å². The lowest BCUT2D eigenvalue weighted by atomic mass is 10.1. The van der Waals surface area contributed by atoms with Crippen LogP contribution in [0.2, 0.25) is 0 Å². The molecule has 0 heterocycles. The summed E-state index contributed by atoms with van der Waals surface area (Å²) in [6.45, 7) is 3.88. The van der Waals surface area contributed by atoms with Crippen molar-refractivity contribution in [3.05, 3.63) is 0 Å². The number of ether oxygens (including phenoxy) is 1. The molecule has 0 saturated heterocycles. The molecule has 3 nitrogen and oxygen atoms in total. The fourth-order valence-corrected chi connectivity index (χ4v) is 2.01. The number of hydrogen-bond acceptors (Lipinski definition) is 3. The Kier molecular flexibility index (Phi) is 13.4. The molecule has 114 valence electrons. The van der Waals surface area contributed by atoms with E-state index in [1.165, 1.54) is 38.5 Å². The molecule has 0 rings (SSSR count). The van der Waals surface area contributed by atoms with Crippen LogP contribution in [0.15, 0.2) is 0 Å². The SMILES string of the molecule is CCCCCCCCCC(=O)OCCCCN(C)C.